The number of rotatable bonds is 4. The molecule has 2 aromatic carbocycles. The molecule has 0 bridgehead atoms. The Hall–Kier alpha value is -2.60. The van der Waals surface area contributed by atoms with Gasteiger partial charge >= 0.3 is 0 Å². The number of methoxy groups -OCH3 is 4. The van der Waals surface area contributed by atoms with Crippen molar-refractivity contribution in [2.75, 3.05) is 34.2 Å². The second-order valence-electron chi connectivity index (χ2n) is 5.81. The quantitative estimate of drug-likeness (QED) is 0.854. The highest BCUT2D eigenvalue weighted by Crippen LogP contribution is 2.51. The van der Waals surface area contributed by atoms with Gasteiger partial charge in [0.05, 0.1) is 46.8 Å². The third-order valence-electron chi connectivity index (χ3n) is 4.51. The Balaban J connectivity index is 2.39. The molecule has 0 aromatic heterocycles. The first kappa shape index (κ1) is 17.2. The molecule has 0 spiro atoms. The van der Waals surface area contributed by atoms with Crippen molar-refractivity contribution in [3.8, 4) is 34.1 Å². The lowest BCUT2D eigenvalue weighted by Gasteiger charge is -2.20. The molecule has 2 N–H and O–H groups in total. The number of anilines is 1. The second-order valence-corrected chi connectivity index (χ2v) is 5.81. The highest BCUT2D eigenvalue weighted by Gasteiger charge is 2.28. The van der Waals surface area contributed by atoms with Crippen LogP contribution in [0.5, 0.6) is 23.0 Å². The van der Waals surface area contributed by atoms with Crippen molar-refractivity contribution >= 4 is 5.69 Å². The van der Waals surface area contributed by atoms with E-state index in [4.69, 9.17) is 29.4 Å². The van der Waals surface area contributed by atoms with Crippen LogP contribution in [0.25, 0.3) is 11.1 Å². The van der Waals surface area contributed by atoms with Gasteiger partial charge in [0.1, 0.15) is 5.75 Å². The zero-order chi connectivity index (χ0) is 18.1. The fourth-order valence-corrected chi connectivity index (χ4v) is 3.26. The van der Waals surface area contributed by atoms with Crippen molar-refractivity contribution in [3.63, 3.8) is 0 Å². The van der Waals surface area contributed by atoms with Gasteiger partial charge in [-0.1, -0.05) is 0 Å². The Kier molecular flexibility index (Phi) is 4.63. The van der Waals surface area contributed by atoms with E-state index in [0.717, 1.165) is 22.3 Å². The van der Waals surface area contributed by atoms with Crippen molar-refractivity contribution in [1.29, 1.82) is 0 Å². The Labute approximate surface area is 147 Å². The van der Waals surface area contributed by atoms with Gasteiger partial charge in [-0.2, -0.15) is 0 Å². The average Bonchev–Trinajstić information content (AvgIpc) is 2.76. The van der Waals surface area contributed by atoms with Gasteiger partial charge in [-0.25, -0.2) is 0 Å². The number of ether oxygens (including phenoxy) is 5. The Morgan fingerprint density at radius 3 is 2.20 bits per heavy atom. The van der Waals surface area contributed by atoms with Crippen molar-refractivity contribution in [2.45, 2.75) is 19.6 Å². The van der Waals surface area contributed by atoms with Crippen LogP contribution in [0.3, 0.4) is 0 Å². The van der Waals surface area contributed by atoms with Crippen LogP contribution < -0.4 is 24.7 Å². The van der Waals surface area contributed by atoms with E-state index in [1.165, 1.54) is 0 Å². The van der Waals surface area contributed by atoms with E-state index in [2.05, 4.69) is 0 Å². The van der Waals surface area contributed by atoms with E-state index >= 15 is 0 Å². The minimum atomic E-state index is -0.127. The molecule has 1 aliphatic rings. The maximum Gasteiger partial charge on any atom is 0.203 e. The first-order chi connectivity index (χ1) is 12.0. The molecule has 6 heteroatoms. The van der Waals surface area contributed by atoms with Gasteiger partial charge in [-0.3, -0.25) is 0 Å². The van der Waals surface area contributed by atoms with Crippen LogP contribution in [-0.2, 0) is 11.3 Å². The second kappa shape index (κ2) is 6.72. The smallest absolute Gasteiger partial charge is 0.203 e. The molecule has 25 heavy (non-hydrogen) atoms. The summed E-state index contributed by atoms with van der Waals surface area (Å²) in [5, 5.41) is 0. The largest absolute Gasteiger partial charge is 0.495 e. The molecule has 0 amide bonds. The summed E-state index contributed by atoms with van der Waals surface area (Å²) in [5.74, 6) is 2.35. The van der Waals surface area contributed by atoms with Crippen molar-refractivity contribution < 1.29 is 23.7 Å². The molecule has 1 atom stereocenters. The molecular formula is C19H23NO5. The van der Waals surface area contributed by atoms with Gasteiger partial charge in [0.2, 0.25) is 5.75 Å². The maximum atomic E-state index is 6.10. The van der Waals surface area contributed by atoms with Crippen LogP contribution in [0.2, 0.25) is 0 Å². The highest BCUT2D eigenvalue weighted by molar-refractivity contribution is 5.84. The Morgan fingerprint density at radius 2 is 1.60 bits per heavy atom. The van der Waals surface area contributed by atoms with E-state index in [1.807, 2.05) is 25.1 Å². The minimum absolute atomic E-state index is 0.127. The zero-order valence-corrected chi connectivity index (χ0v) is 15.1. The van der Waals surface area contributed by atoms with Crippen LogP contribution in [0, 0.1) is 0 Å². The molecule has 0 aliphatic carbocycles. The lowest BCUT2D eigenvalue weighted by Crippen LogP contribution is -2.02. The predicted molar refractivity (Wildman–Crippen MR) is 95.7 cm³/mol. The molecule has 0 fully saturated rings. The van der Waals surface area contributed by atoms with Crippen molar-refractivity contribution in [3.05, 3.63) is 29.3 Å². The molecule has 2 aromatic rings. The van der Waals surface area contributed by atoms with Crippen molar-refractivity contribution in [2.24, 2.45) is 0 Å². The van der Waals surface area contributed by atoms with Crippen molar-refractivity contribution in [1.82, 2.24) is 0 Å². The van der Waals surface area contributed by atoms with Gasteiger partial charge in [0.25, 0.3) is 0 Å². The summed E-state index contributed by atoms with van der Waals surface area (Å²) in [4.78, 5) is 0. The first-order valence-corrected chi connectivity index (χ1v) is 7.96. The molecule has 1 aliphatic heterocycles. The van der Waals surface area contributed by atoms with Crippen LogP contribution >= 0.6 is 0 Å². The summed E-state index contributed by atoms with van der Waals surface area (Å²) in [6, 6.07) is 5.73. The molecule has 134 valence electrons. The summed E-state index contributed by atoms with van der Waals surface area (Å²) in [6.45, 7) is 2.42. The minimum Gasteiger partial charge on any atom is -0.495 e. The number of fused-ring (bicyclic) bond motifs is 3. The lowest BCUT2D eigenvalue weighted by molar-refractivity contribution is 0.0549. The monoisotopic (exact) mass is 345 g/mol. The van der Waals surface area contributed by atoms with Gasteiger partial charge in [0.15, 0.2) is 11.5 Å². The standard InChI is InChI=1S/C19H23NO5/c1-10-12-7-14(20)15(21-2)8-13(12)17-11(9-25-10)6-16(22-3)18(23-4)19(17)24-5/h6-8,10H,9,20H2,1-5H3. The third-order valence-corrected chi connectivity index (χ3v) is 4.51. The topological polar surface area (TPSA) is 72.2 Å². The maximum absolute atomic E-state index is 6.10. The van der Waals surface area contributed by atoms with Crippen LogP contribution in [0.15, 0.2) is 18.2 Å². The summed E-state index contributed by atoms with van der Waals surface area (Å²) in [5.41, 5.74) is 10.4. The number of nitrogens with two attached hydrogens (primary N) is 1. The van der Waals surface area contributed by atoms with E-state index in [0.29, 0.717) is 35.3 Å². The molecular weight excluding hydrogens is 322 g/mol. The molecule has 1 heterocycles. The van der Waals surface area contributed by atoms with Gasteiger partial charge in [0, 0.05) is 5.56 Å². The van der Waals surface area contributed by atoms with Gasteiger partial charge in [-0.15, -0.1) is 0 Å². The fraction of sp³-hybridized carbons (Fsp3) is 0.368. The first-order valence-electron chi connectivity index (χ1n) is 7.96. The van der Waals surface area contributed by atoms with E-state index in [-0.39, 0.29) is 6.10 Å². The van der Waals surface area contributed by atoms with Crippen LogP contribution in [0.1, 0.15) is 24.2 Å². The third kappa shape index (κ3) is 2.72. The molecule has 6 nitrogen and oxygen atoms in total. The van der Waals surface area contributed by atoms with Gasteiger partial charge in [-0.05, 0) is 41.8 Å². The SMILES string of the molecule is COc1cc2c(cc1N)C(C)OCc1cc(OC)c(OC)c(OC)c1-2. The Morgan fingerprint density at radius 1 is 0.920 bits per heavy atom. The van der Waals surface area contributed by atoms with E-state index in [1.54, 1.807) is 28.4 Å². The average molecular weight is 345 g/mol. The molecule has 0 saturated heterocycles. The van der Waals surface area contributed by atoms with E-state index < -0.39 is 0 Å². The normalized spacial score (nSPS) is 15.6. The van der Waals surface area contributed by atoms with Gasteiger partial charge < -0.3 is 29.4 Å². The molecule has 1 unspecified atom stereocenters. The number of hydrogen-bond acceptors (Lipinski definition) is 6. The summed E-state index contributed by atoms with van der Waals surface area (Å²) < 4.78 is 28.1. The molecule has 0 radical (unpaired) electrons. The fourth-order valence-electron chi connectivity index (χ4n) is 3.26. The highest BCUT2D eigenvalue weighted by atomic mass is 16.5. The number of benzene rings is 2. The summed E-state index contributed by atoms with van der Waals surface area (Å²) >= 11 is 0. The number of hydrogen-bond donors (Lipinski definition) is 1. The molecule has 0 saturated carbocycles. The zero-order valence-electron chi connectivity index (χ0n) is 15.1. The predicted octanol–water partition coefficient (Wildman–Crippen LogP) is 3.56. The van der Waals surface area contributed by atoms with E-state index in [9.17, 15) is 0 Å². The number of nitrogen functional groups attached to an aromatic ring is 1. The Bertz CT molecular complexity index is 803. The molecule has 3 rings (SSSR count). The summed E-state index contributed by atoms with van der Waals surface area (Å²) in [6.07, 6.45) is -0.127. The van der Waals surface area contributed by atoms with Crippen LogP contribution in [-0.4, -0.2) is 28.4 Å². The van der Waals surface area contributed by atoms with Crippen LogP contribution in [0.4, 0.5) is 5.69 Å². The lowest BCUT2D eigenvalue weighted by atomic mass is 9.92. The summed E-state index contributed by atoms with van der Waals surface area (Å²) in [7, 11) is 6.40.